The van der Waals surface area contributed by atoms with Crippen molar-refractivity contribution in [1.82, 2.24) is 9.78 Å². The van der Waals surface area contributed by atoms with Crippen LogP contribution in [-0.4, -0.2) is 35.6 Å². The van der Waals surface area contributed by atoms with Crippen LogP contribution in [0.1, 0.15) is 28.8 Å². The molecule has 1 aromatic heterocycles. The van der Waals surface area contributed by atoms with E-state index in [1.54, 1.807) is 29.1 Å². The van der Waals surface area contributed by atoms with E-state index in [0.29, 0.717) is 36.6 Å². The Balaban J connectivity index is 1.45. The molecule has 7 heteroatoms. The Morgan fingerprint density at radius 1 is 1.19 bits per heavy atom. The van der Waals surface area contributed by atoms with Crippen LogP contribution in [0.3, 0.4) is 0 Å². The molecule has 0 saturated carbocycles. The Hall–Kier alpha value is -3.76. The minimum atomic E-state index is -0.272. The van der Waals surface area contributed by atoms with E-state index in [4.69, 9.17) is 14.7 Å². The molecule has 2 aromatic carbocycles. The third-order valence-corrected chi connectivity index (χ3v) is 5.34. The molecule has 1 saturated heterocycles. The fourth-order valence-electron chi connectivity index (χ4n) is 3.62. The topological polar surface area (TPSA) is 94.2 Å². The molecule has 7 nitrogen and oxygen atoms in total. The summed E-state index contributed by atoms with van der Waals surface area (Å²) in [5.74, 6) is 0.0112. The summed E-state index contributed by atoms with van der Waals surface area (Å²) in [5.41, 5.74) is 3.15. The van der Waals surface area contributed by atoms with Gasteiger partial charge in [0.15, 0.2) is 0 Å². The second-order valence-electron chi connectivity index (χ2n) is 7.82. The molecule has 0 bridgehead atoms. The summed E-state index contributed by atoms with van der Waals surface area (Å²) in [6.07, 6.45) is 3.02. The minimum absolute atomic E-state index is 0.165. The summed E-state index contributed by atoms with van der Waals surface area (Å²) in [6.45, 7) is 1.76. The smallest absolute Gasteiger partial charge is 0.310 e. The highest BCUT2D eigenvalue weighted by Gasteiger charge is 2.17. The van der Waals surface area contributed by atoms with Crippen LogP contribution in [0.2, 0.25) is 0 Å². The molecule has 4 rings (SSSR count). The van der Waals surface area contributed by atoms with Gasteiger partial charge in [0, 0.05) is 31.2 Å². The highest BCUT2D eigenvalue weighted by Crippen LogP contribution is 2.14. The number of hydrogen-bond acceptors (Lipinski definition) is 6. The number of aromatic nitrogens is 2. The summed E-state index contributed by atoms with van der Waals surface area (Å²) >= 11 is 0. The fraction of sp³-hybridized carbons (Fsp3) is 0.280. The molecule has 0 radical (unpaired) electrons. The van der Waals surface area contributed by atoms with E-state index in [9.17, 15) is 9.59 Å². The molecule has 1 fully saturated rings. The lowest BCUT2D eigenvalue weighted by molar-refractivity contribution is -0.144. The number of nitriles is 1. The molecule has 1 unspecified atom stereocenters. The third-order valence-electron chi connectivity index (χ3n) is 5.34. The Labute approximate surface area is 185 Å². The van der Waals surface area contributed by atoms with Gasteiger partial charge < -0.3 is 9.47 Å². The lowest BCUT2D eigenvalue weighted by atomic mass is 10.0. The van der Waals surface area contributed by atoms with Crippen LogP contribution >= 0.6 is 0 Å². The van der Waals surface area contributed by atoms with Crippen LogP contribution in [0.4, 0.5) is 0 Å². The molecule has 32 heavy (non-hydrogen) atoms. The first-order chi connectivity index (χ1) is 15.6. The quantitative estimate of drug-likeness (QED) is 0.536. The lowest BCUT2D eigenvalue weighted by Crippen LogP contribution is -2.17. The van der Waals surface area contributed by atoms with Crippen molar-refractivity contribution < 1.29 is 14.3 Å². The van der Waals surface area contributed by atoms with Crippen LogP contribution in [-0.2, 0) is 27.1 Å². The van der Waals surface area contributed by atoms with E-state index >= 15 is 0 Å². The Morgan fingerprint density at radius 3 is 2.84 bits per heavy atom. The maximum Gasteiger partial charge on any atom is 0.310 e. The van der Waals surface area contributed by atoms with Crippen molar-refractivity contribution in [3.8, 4) is 11.8 Å². The van der Waals surface area contributed by atoms with Crippen LogP contribution in [0.5, 0.6) is 0 Å². The molecule has 2 heterocycles. The monoisotopic (exact) mass is 429 g/mol. The van der Waals surface area contributed by atoms with Crippen molar-refractivity contribution in [3.05, 3.63) is 93.4 Å². The van der Waals surface area contributed by atoms with Crippen LogP contribution in [0.15, 0.2) is 65.6 Å². The van der Waals surface area contributed by atoms with Crippen LogP contribution < -0.4 is 5.43 Å². The van der Waals surface area contributed by atoms with Gasteiger partial charge in [-0.25, -0.2) is 4.68 Å². The normalized spacial score (nSPS) is 15.3. The van der Waals surface area contributed by atoms with Gasteiger partial charge in [-0.2, -0.15) is 10.4 Å². The maximum absolute atomic E-state index is 12.4. The summed E-state index contributed by atoms with van der Waals surface area (Å²) in [6, 6.07) is 18.1. The SMILES string of the molecule is N#Cc1cccc(-n2ccc(=O)c(Cc3cccc(CC(=O)OCC4CCOC4)c3)n2)c1. The predicted molar refractivity (Wildman–Crippen MR) is 117 cm³/mol. The van der Waals surface area contributed by atoms with Crippen molar-refractivity contribution in [3.63, 3.8) is 0 Å². The van der Waals surface area contributed by atoms with Gasteiger partial charge in [-0.1, -0.05) is 30.3 Å². The van der Waals surface area contributed by atoms with E-state index < -0.39 is 0 Å². The Bertz CT molecular complexity index is 1210. The summed E-state index contributed by atoms with van der Waals surface area (Å²) in [7, 11) is 0. The summed E-state index contributed by atoms with van der Waals surface area (Å²) < 4.78 is 12.3. The summed E-state index contributed by atoms with van der Waals surface area (Å²) in [5, 5.41) is 13.6. The molecule has 162 valence electrons. The van der Waals surface area contributed by atoms with Gasteiger partial charge in [0.25, 0.3) is 0 Å². The van der Waals surface area contributed by atoms with Crippen LogP contribution in [0.25, 0.3) is 5.69 Å². The molecule has 0 aliphatic carbocycles. The zero-order chi connectivity index (χ0) is 22.3. The predicted octanol–water partition coefficient (Wildman–Crippen LogP) is 2.82. The van der Waals surface area contributed by atoms with E-state index in [1.807, 2.05) is 30.3 Å². The van der Waals surface area contributed by atoms with Gasteiger partial charge in [0.2, 0.25) is 5.43 Å². The molecule has 0 spiro atoms. The van der Waals surface area contributed by atoms with E-state index in [0.717, 1.165) is 24.2 Å². The zero-order valence-corrected chi connectivity index (χ0v) is 17.6. The number of hydrogen-bond donors (Lipinski definition) is 0. The highest BCUT2D eigenvalue weighted by atomic mass is 16.5. The third kappa shape index (κ3) is 5.48. The molecule has 3 aromatic rings. The van der Waals surface area contributed by atoms with Gasteiger partial charge in [0.05, 0.1) is 37.0 Å². The van der Waals surface area contributed by atoms with Gasteiger partial charge in [0.1, 0.15) is 5.69 Å². The van der Waals surface area contributed by atoms with E-state index in [1.165, 1.54) is 6.07 Å². The molecule has 0 amide bonds. The van der Waals surface area contributed by atoms with E-state index in [-0.39, 0.29) is 23.7 Å². The number of esters is 1. The number of carbonyl (C=O) groups is 1. The van der Waals surface area contributed by atoms with Crippen LogP contribution in [0, 0.1) is 17.2 Å². The fourth-order valence-corrected chi connectivity index (χ4v) is 3.62. The molecule has 1 atom stereocenters. The lowest BCUT2D eigenvalue weighted by Gasteiger charge is -2.10. The second kappa shape index (κ2) is 10.0. The molecule has 1 aliphatic heterocycles. The number of rotatable bonds is 7. The molecule has 0 N–H and O–H groups in total. The first-order valence-corrected chi connectivity index (χ1v) is 10.5. The van der Waals surface area contributed by atoms with Crippen molar-refractivity contribution in [2.24, 2.45) is 5.92 Å². The second-order valence-corrected chi connectivity index (χ2v) is 7.82. The average Bonchev–Trinajstić information content (AvgIpc) is 3.33. The highest BCUT2D eigenvalue weighted by molar-refractivity contribution is 5.72. The largest absolute Gasteiger partial charge is 0.465 e. The van der Waals surface area contributed by atoms with Gasteiger partial charge in [-0.15, -0.1) is 0 Å². The first-order valence-electron chi connectivity index (χ1n) is 10.5. The molecular weight excluding hydrogens is 406 g/mol. The number of ether oxygens (including phenoxy) is 2. The maximum atomic E-state index is 12.4. The average molecular weight is 429 g/mol. The zero-order valence-electron chi connectivity index (χ0n) is 17.6. The van der Waals surface area contributed by atoms with Crippen molar-refractivity contribution in [2.75, 3.05) is 19.8 Å². The van der Waals surface area contributed by atoms with Gasteiger partial charge in [-0.3, -0.25) is 9.59 Å². The van der Waals surface area contributed by atoms with Crippen molar-refractivity contribution >= 4 is 5.97 Å². The Kier molecular flexibility index (Phi) is 6.73. The molecule has 1 aliphatic rings. The number of carbonyl (C=O) groups excluding carboxylic acids is 1. The minimum Gasteiger partial charge on any atom is -0.465 e. The number of nitrogens with zero attached hydrogens (tertiary/aromatic N) is 3. The number of benzene rings is 2. The first kappa shape index (κ1) is 21.5. The summed E-state index contributed by atoms with van der Waals surface area (Å²) in [4.78, 5) is 24.6. The molecular formula is C25H23N3O4. The van der Waals surface area contributed by atoms with E-state index in [2.05, 4.69) is 11.2 Å². The van der Waals surface area contributed by atoms with Crippen molar-refractivity contribution in [2.45, 2.75) is 19.3 Å². The standard InChI is InChI=1S/C25H23N3O4/c26-15-20-5-2-6-22(12-20)28-9-7-24(29)23(27-28)13-18-3-1-4-19(11-18)14-25(30)32-17-21-8-10-31-16-21/h1-7,9,11-12,21H,8,10,13-14,16-17H2. The van der Waals surface area contributed by atoms with Crippen molar-refractivity contribution in [1.29, 1.82) is 5.26 Å². The van der Waals surface area contributed by atoms with Gasteiger partial charge >= 0.3 is 5.97 Å². The Morgan fingerprint density at radius 2 is 2.03 bits per heavy atom. The van der Waals surface area contributed by atoms with Gasteiger partial charge in [-0.05, 0) is 35.7 Å².